The van der Waals surface area contributed by atoms with Gasteiger partial charge in [-0.1, -0.05) is 48.5 Å². The van der Waals surface area contributed by atoms with Crippen LogP contribution >= 0.6 is 0 Å². The third-order valence-electron chi connectivity index (χ3n) is 1.04. The zero-order valence-corrected chi connectivity index (χ0v) is 11.5. The zero-order chi connectivity index (χ0) is 12.3. The minimum absolute atomic E-state index is 0.500. The standard InChI is InChI=1S/C6H10N2.C5H12.C2H6/c1-2-4-8-5-3-7-6-8;1-5(2,3)4;1-2/h3,5-6H,2,4H2,1H3;1-4H3;1-2H3. The van der Waals surface area contributed by atoms with Crippen molar-refractivity contribution in [1.82, 2.24) is 9.55 Å². The number of aryl methyl sites for hydroxylation is 1. The van der Waals surface area contributed by atoms with E-state index in [9.17, 15) is 0 Å². The molecule has 0 aliphatic heterocycles. The molecule has 0 aliphatic carbocycles. The fourth-order valence-electron chi connectivity index (χ4n) is 0.677. The molecule has 90 valence electrons. The van der Waals surface area contributed by atoms with Gasteiger partial charge in [-0.15, -0.1) is 0 Å². The first-order chi connectivity index (χ1) is 6.93. The summed E-state index contributed by atoms with van der Waals surface area (Å²) in [4.78, 5) is 3.90. The minimum Gasteiger partial charge on any atom is -0.338 e. The fraction of sp³-hybridized carbons (Fsp3) is 0.769. The number of nitrogens with zero attached hydrogens (tertiary/aromatic N) is 2. The van der Waals surface area contributed by atoms with Gasteiger partial charge in [-0.2, -0.15) is 0 Å². The van der Waals surface area contributed by atoms with Crippen molar-refractivity contribution in [3.8, 4) is 0 Å². The average molecular weight is 212 g/mol. The molecule has 0 aliphatic rings. The molecule has 0 aromatic carbocycles. The maximum Gasteiger partial charge on any atom is 0.0945 e. The molecule has 0 saturated carbocycles. The lowest BCUT2D eigenvalue weighted by molar-refractivity contribution is 0.469. The zero-order valence-electron chi connectivity index (χ0n) is 11.5. The van der Waals surface area contributed by atoms with Crippen LogP contribution in [0.5, 0.6) is 0 Å². The van der Waals surface area contributed by atoms with Gasteiger partial charge in [-0.3, -0.25) is 0 Å². The van der Waals surface area contributed by atoms with E-state index in [1.54, 1.807) is 6.20 Å². The highest BCUT2D eigenvalue weighted by Gasteiger charge is 1.95. The van der Waals surface area contributed by atoms with E-state index in [1.807, 2.05) is 26.4 Å². The summed E-state index contributed by atoms with van der Waals surface area (Å²) in [7, 11) is 0. The summed E-state index contributed by atoms with van der Waals surface area (Å²) in [5.74, 6) is 0. The Hall–Kier alpha value is -0.790. The van der Waals surface area contributed by atoms with E-state index < -0.39 is 0 Å². The molecule has 0 atom stereocenters. The Morgan fingerprint density at radius 3 is 1.87 bits per heavy atom. The third kappa shape index (κ3) is 19.6. The Balaban J connectivity index is 0. The first kappa shape index (κ1) is 16.6. The normalized spacial score (nSPS) is 9.53. The van der Waals surface area contributed by atoms with Gasteiger partial charge in [-0.05, 0) is 11.8 Å². The maximum absolute atomic E-state index is 3.90. The highest BCUT2D eigenvalue weighted by atomic mass is 15.0. The second kappa shape index (κ2) is 9.75. The van der Waals surface area contributed by atoms with Gasteiger partial charge in [0.05, 0.1) is 6.33 Å². The SMILES string of the molecule is CC.CC(C)(C)C.CCCn1ccnc1. The molecule has 0 spiro atoms. The molecule has 1 heterocycles. The second-order valence-corrected chi connectivity index (χ2v) is 4.80. The number of hydrogen-bond donors (Lipinski definition) is 0. The van der Waals surface area contributed by atoms with Crippen molar-refractivity contribution in [2.24, 2.45) is 5.41 Å². The van der Waals surface area contributed by atoms with Crippen LogP contribution in [0.4, 0.5) is 0 Å². The fourth-order valence-corrected chi connectivity index (χ4v) is 0.677. The Labute approximate surface area is 95.7 Å². The van der Waals surface area contributed by atoms with E-state index in [0.29, 0.717) is 5.41 Å². The van der Waals surface area contributed by atoms with Crippen LogP contribution in [0.25, 0.3) is 0 Å². The predicted octanol–water partition coefficient (Wildman–Crippen LogP) is 4.37. The van der Waals surface area contributed by atoms with Gasteiger partial charge >= 0.3 is 0 Å². The topological polar surface area (TPSA) is 17.8 Å². The number of rotatable bonds is 2. The van der Waals surface area contributed by atoms with Gasteiger partial charge < -0.3 is 4.57 Å². The second-order valence-electron chi connectivity index (χ2n) is 4.80. The monoisotopic (exact) mass is 212 g/mol. The van der Waals surface area contributed by atoms with Crippen molar-refractivity contribution < 1.29 is 0 Å². The van der Waals surface area contributed by atoms with Crippen LogP contribution in [-0.2, 0) is 6.54 Å². The lowest BCUT2D eigenvalue weighted by Gasteiger charge is -2.05. The number of aromatic nitrogens is 2. The lowest BCUT2D eigenvalue weighted by atomic mass is 10.0. The lowest BCUT2D eigenvalue weighted by Crippen LogP contribution is -1.93. The Kier molecular flexibility index (Phi) is 10.8. The van der Waals surface area contributed by atoms with Crippen LogP contribution in [-0.4, -0.2) is 9.55 Å². The van der Waals surface area contributed by atoms with E-state index >= 15 is 0 Å². The van der Waals surface area contributed by atoms with Crippen molar-refractivity contribution in [2.45, 2.75) is 61.4 Å². The van der Waals surface area contributed by atoms with Crippen molar-refractivity contribution in [1.29, 1.82) is 0 Å². The molecular formula is C13H28N2. The summed E-state index contributed by atoms with van der Waals surface area (Å²) in [5.41, 5.74) is 0.500. The molecule has 1 aromatic rings. The van der Waals surface area contributed by atoms with Crippen LogP contribution in [0.3, 0.4) is 0 Å². The van der Waals surface area contributed by atoms with Crippen LogP contribution in [0.15, 0.2) is 18.7 Å². The van der Waals surface area contributed by atoms with Crippen LogP contribution < -0.4 is 0 Å². The Morgan fingerprint density at radius 2 is 1.60 bits per heavy atom. The molecule has 0 radical (unpaired) electrons. The highest BCUT2D eigenvalue weighted by Crippen LogP contribution is 2.08. The minimum atomic E-state index is 0.500. The summed E-state index contributed by atoms with van der Waals surface area (Å²) in [6, 6.07) is 0. The van der Waals surface area contributed by atoms with Crippen LogP contribution in [0.2, 0.25) is 0 Å². The van der Waals surface area contributed by atoms with Gasteiger partial charge in [0.15, 0.2) is 0 Å². The summed E-state index contributed by atoms with van der Waals surface area (Å²) in [6.45, 7) is 16.0. The molecule has 0 unspecified atom stereocenters. The van der Waals surface area contributed by atoms with E-state index in [0.717, 1.165) is 6.54 Å². The maximum atomic E-state index is 3.90. The van der Waals surface area contributed by atoms with Crippen molar-refractivity contribution in [2.75, 3.05) is 0 Å². The highest BCUT2D eigenvalue weighted by molar-refractivity contribution is 4.73. The van der Waals surface area contributed by atoms with Crippen molar-refractivity contribution in [3.05, 3.63) is 18.7 Å². The van der Waals surface area contributed by atoms with Gasteiger partial charge in [-0.25, -0.2) is 4.98 Å². The Morgan fingerprint density at radius 1 is 1.13 bits per heavy atom. The van der Waals surface area contributed by atoms with Crippen molar-refractivity contribution in [3.63, 3.8) is 0 Å². The summed E-state index contributed by atoms with van der Waals surface area (Å²) in [5, 5.41) is 0. The smallest absolute Gasteiger partial charge is 0.0945 e. The number of hydrogen-bond acceptors (Lipinski definition) is 1. The summed E-state index contributed by atoms with van der Waals surface area (Å²) >= 11 is 0. The third-order valence-corrected chi connectivity index (χ3v) is 1.04. The molecule has 0 amide bonds. The first-order valence-electron chi connectivity index (χ1n) is 5.89. The molecule has 1 rings (SSSR count). The van der Waals surface area contributed by atoms with E-state index in [2.05, 4.69) is 44.2 Å². The predicted molar refractivity (Wildman–Crippen MR) is 69.0 cm³/mol. The quantitative estimate of drug-likeness (QED) is 0.711. The molecule has 15 heavy (non-hydrogen) atoms. The van der Waals surface area contributed by atoms with Gasteiger partial charge in [0.25, 0.3) is 0 Å². The molecule has 2 nitrogen and oxygen atoms in total. The van der Waals surface area contributed by atoms with Gasteiger partial charge in [0.2, 0.25) is 0 Å². The summed E-state index contributed by atoms with van der Waals surface area (Å²) in [6.07, 6.45) is 6.79. The van der Waals surface area contributed by atoms with E-state index in [4.69, 9.17) is 0 Å². The van der Waals surface area contributed by atoms with E-state index in [1.165, 1.54) is 6.42 Å². The van der Waals surface area contributed by atoms with Gasteiger partial charge in [0.1, 0.15) is 0 Å². The molecular weight excluding hydrogens is 184 g/mol. The average Bonchev–Trinajstić information content (AvgIpc) is 2.58. The van der Waals surface area contributed by atoms with E-state index in [-0.39, 0.29) is 0 Å². The van der Waals surface area contributed by atoms with Gasteiger partial charge in [0, 0.05) is 18.9 Å². The number of imidazole rings is 1. The first-order valence-corrected chi connectivity index (χ1v) is 5.89. The molecule has 1 aromatic heterocycles. The molecule has 0 saturated heterocycles. The van der Waals surface area contributed by atoms with Crippen LogP contribution in [0.1, 0.15) is 54.9 Å². The molecule has 0 bridgehead atoms. The molecule has 2 heteroatoms. The van der Waals surface area contributed by atoms with Crippen molar-refractivity contribution >= 4 is 0 Å². The summed E-state index contributed by atoms with van der Waals surface area (Å²) < 4.78 is 2.07. The molecule has 0 N–H and O–H groups in total. The largest absolute Gasteiger partial charge is 0.338 e. The van der Waals surface area contributed by atoms with Crippen LogP contribution in [0, 0.1) is 5.41 Å². The molecule has 0 fully saturated rings. The Bertz CT molecular complexity index is 189.